The van der Waals surface area contributed by atoms with Crippen molar-refractivity contribution in [3.05, 3.63) is 47.8 Å². The number of nitrogens with zero attached hydrogens (tertiary/aromatic N) is 2. The summed E-state index contributed by atoms with van der Waals surface area (Å²) in [6.45, 7) is 0. The first-order valence-electron chi connectivity index (χ1n) is 5.76. The SMILES string of the molecule is COC(=O)c1ccc(-c2ccccn2)nc1C(=O)OC. The summed E-state index contributed by atoms with van der Waals surface area (Å²) in [7, 11) is 2.45. The number of esters is 2. The van der Waals surface area contributed by atoms with Crippen molar-refractivity contribution in [3.8, 4) is 11.4 Å². The lowest BCUT2D eigenvalue weighted by atomic mass is 10.1. The molecule has 0 unspecified atom stereocenters. The minimum atomic E-state index is -0.705. The number of methoxy groups -OCH3 is 2. The molecule has 2 aromatic rings. The number of ether oxygens (including phenoxy) is 2. The average Bonchev–Trinajstić information content (AvgIpc) is 2.53. The number of hydrogen-bond donors (Lipinski definition) is 0. The number of pyridine rings is 2. The molecule has 0 aliphatic carbocycles. The van der Waals surface area contributed by atoms with Crippen LogP contribution in [-0.2, 0) is 9.47 Å². The Morgan fingerprint density at radius 3 is 2.30 bits per heavy atom. The fourth-order valence-electron chi connectivity index (χ4n) is 1.64. The highest BCUT2D eigenvalue weighted by atomic mass is 16.5. The molecule has 2 aromatic heterocycles. The molecule has 0 bridgehead atoms. The number of rotatable bonds is 3. The van der Waals surface area contributed by atoms with Gasteiger partial charge in [-0.15, -0.1) is 0 Å². The van der Waals surface area contributed by atoms with Crippen molar-refractivity contribution in [2.24, 2.45) is 0 Å². The van der Waals surface area contributed by atoms with Crippen molar-refractivity contribution in [2.75, 3.05) is 14.2 Å². The van der Waals surface area contributed by atoms with Crippen molar-refractivity contribution in [1.29, 1.82) is 0 Å². The predicted octanol–water partition coefficient (Wildman–Crippen LogP) is 1.72. The molecule has 0 fully saturated rings. The van der Waals surface area contributed by atoms with E-state index in [1.807, 2.05) is 0 Å². The average molecular weight is 272 g/mol. The van der Waals surface area contributed by atoms with Gasteiger partial charge in [0.25, 0.3) is 0 Å². The van der Waals surface area contributed by atoms with Gasteiger partial charge in [-0.05, 0) is 24.3 Å². The first-order chi connectivity index (χ1) is 9.67. The number of carbonyl (C=O) groups is 2. The predicted molar refractivity (Wildman–Crippen MR) is 70.1 cm³/mol. The van der Waals surface area contributed by atoms with Gasteiger partial charge in [0.2, 0.25) is 0 Å². The van der Waals surface area contributed by atoms with E-state index in [1.165, 1.54) is 20.3 Å². The van der Waals surface area contributed by atoms with Crippen LogP contribution < -0.4 is 0 Å². The summed E-state index contributed by atoms with van der Waals surface area (Å²) >= 11 is 0. The Bertz CT molecular complexity index is 641. The summed E-state index contributed by atoms with van der Waals surface area (Å²) in [6.07, 6.45) is 1.61. The zero-order valence-corrected chi connectivity index (χ0v) is 11.0. The Kier molecular flexibility index (Phi) is 4.05. The maximum absolute atomic E-state index is 11.7. The molecule has 0 amide bonds. The number of carbonyl (C=O) groups excluding carboxylic acids is 2. The van der Waals surface area contributed by atoms with Gasteiger partial charge in [0, 0.05) is 6.20 Å². The molecule has 0 spiro atoms. The largest absolute Gasteiger partial charge is 0.465 e. The smallest absolute Gasteiger partial charge is 0.357 e. The molecule has 0 aliphatic heterocycles. The third kappa shape index (κ3) is 2.64. The van der Waals surface area contributed by atoms with Gasteiger partial charge < -0.3 is 9.47 Å². The first-order valence-corrected chi connectivity index (χ1v) is 5.76. The summed E-state index contributed by atoms with van der Waals surface area (Å²) in [5.74, 6) is -1.35. The van der Waals surface area contributed by atoms with Gasteiger partial charge in [-0.2, -0.15) is 0 Å². The molecule has 0 aromatic carbocycles. The number of aromatic nitrogens is 2. The van der Waals surface area contributed by atoms with Crippen LogP contribution in [0.15, 0.2) is 36.5 Å². The van der Waals surface area contributed by atoms with Gasteiger partial charge in [-0.3, -0.25) is 4.98 Å². The zero-order chi connectivity index (χ0) is 14.5. The molecular formula is C14H12N2O4. The molecule has 0 saturated heterocycles. The minimum Gasteiger partial charge on any atom is -0.465 e. The minimum absolute atomic E-state index is 0.0547. The Balaban J connectivity index is 2.54. The van der Waals surface area contributed by atoms with E-state index < -0.39 is 11.9 Å². The van der Waals surface area contributed by atoms with Crippen LogP contribution in [0.3, 0.4) is 0 Å². The molecule has 20 heavy (non-hydrogen) atoms. The molecule has 0 aliphatic rings. The molecular weight excluding hydrogens is 260 g/mol. The molecule has 0 N–H and O–H groups in total. The third-order valence-electron chi connectivity index (χ3n) is 2.61. The molecule has 0 radical (unpaired) electrons. The van der Waals surface area contributed by atoms with Gasteiger partial charge >= 0.3 is 11.9 Å². The highest BCUT2D eigenvalue weighted by Crippen LogP contribution is 2.18. The second-order valence-electron chi connectivity index (χ2n) is 3.79. The van der Waals surface area contributed by atoms with E-state index in [0.29, 0.717) is 11.4 Å². The molecule has 2 rings (SSSR count). The first kappa shape index (κ1) is 13.7. The molecule has 102 valence electrons. The van der Waals surface area contributed by atoms with Crippen molar-refractivity contribution < 1.29 is 19.1 Å². The van der Waals surface area contributed by atoms with Crippen molar-refractivity contribution in [1.82, 2.24) is 9.97 Å². The van der Waals surface area contributed by atoms with E-state index >= 15 is 0 Å². The summed E-state index contributed by atoms with van der Waals surface area (Å²) < 4.78 is 9.25. The summed E-state index contributed by atoms with van der Waals surface area (Å²) in [4.78, 5) is 31.6. The van der Waals surface area contributed by atoms with E-state index in [4.69, 9.17) is 0 Å². The molecule has 6 nitrogen and oxygen atoms in total. The van der Waals surface area contributed by atoms with Crippen LogP contribution in [0.1, 0.15) is 20.8 Å². The molecule has 2 heterocycles. The standard InChI is InChI=1S/C14H12N2O4/c1-19-13(17)9-6-7-11(10-5-3-4-8-15-10)16-12(9)14(18)20-2/h3-8H,1-2H3. The van der Waals surface area contributed by atoms with Crippen LogP contribution in [-0.4, -0.2) is 36.1 Å². The molecule has 6 heteroatoms. The van der Waals surface area contributed by atoms with Crippen LogP contribution in [0, 0.1) is 0 Å². The Morgan fingerprint density at radius 1 is 0.950 bits per heavy atom. The van der Waals surface area contributed by atoms with E-state index in [-0.39, 0.29) is 11.3 Å². The van der Waals surface area contributed by atoms with E-state index in [1.54, 1.807) is 30.5 Å². The van der Waals surface area contributed by atoms with Gasteiger partial charge in [0.1, 0.15) is 0 Å². The zero-order valence-electron chi connectivity index (χ0n) is 11.0. The quantitative estimate of drug-likeness (QED) is 0.791. The topological polar surface area (TPSA) is 78.4 Å². The lowest BCUT2D eigenvalue weighted by Gasteiger charge is -2.07. The van der Waals surface area contributed by atoms with Crippen molar-refractivity contribution in [2.45, 2.75) is 0 Å². The molecule has 0 saturated carbocycles. The highest BCUT2D eigenvalue weighted by Gasteiger charge is 2.21. The lowest BCUT2D eigenvalue weighted by molar-refractivity contribution is 0.0550. The van der Waals surface area contributed by atoms with Crippen LogP contribution in [0.4, 0.5) is 0 Å². The normalized spacial score (nSPS) is 9.90. The van der Waals surface area contributed by atoms with E-state index in [9.17, 15) is 9.59 Å². The van der Waals surface area contributed by atoms with Gasteiger partial charge in [-0.25, -0.2) is 14.6 Å². The third-order valence-corrected chi connectivity index (χ3v) is 2.61. The summed E-state index contributed by atoms with van der Waals surface area (Å²) in [6, 6.07) is 8.39. The monoisotopic (exact) mass is 272 g/mol. The Hall–Kier alpha value is -2.76. The summed E-state index contributed by atoms with van der Waals surface area (Å²) in [5.41, 5.74) is 1.02. The van der Waals surface area contributed by atoms with Gasteiger partial charge in [-0.1, -0.05) is 6.07 Å². The Labute approximate surface area is 115 Å². The fraction of sp³-hybridized carbons (Fsp3) is 0.143. The Morgan fingerprint density at radius 2 is 1.70 bits per heavy atom. The number of hydrogen-bond acceptors (Lipinski definition) is 6. The van der Waals surface area contributed by atoms with E-state index in [0.717, 1.165) is 0 Å². The highest BCUT2D eigenvalue weighted by molar-refractivity contribution is 6.02. The van der Waals surface area contributed by atoms with Crippen molar-refractivity contribution in [3.63, 3.8) is 0 Å². The van der Waals surface area contributed by atoms with Crippen LogP contribution in [0.2, 0.25) is 0 Å². The van der Waals surface area contributed by atoms with Gasteiger partial charge in [0.05, 0.1) is 31.2 Å². The maximum atomic E-state index is 11.7. The second-order valence-corrected chi connectivity index (χ2v) is 3.79. The van der Waals surface area contributed by atoms with Crippen LogP contribution in [0.25, 0.3) is 11.4 Å². The summed E-state index contributed by atoms with van der Waals surface area (Å²) in [5, 5.41) is 0. The van der Waals surface area contributed by atoms with Crippen LogP contribution >= 0.6 is 0 Å². The second kappa shape index (κ2) is 5.92. The van der Waals surface area contributed by atoms with Crippen LogP contribution in [0.5, 0.6) is 0 Å². The molecule has 0 atom stereocenters. The van der Waals surface area contributed by atoms with Gasteiger partial charge in [0.15, 0.2) is 5.69 Å². The lowest BCUT2D eigenvalue weighted by Crippen LogP contribution is -2.14. The van der Waals surface area contributed by atoms with E-state index in [2.05, 4.69) is 19.4 Å². The van der Waals surface area contributed by atoms with Crippen molar-refractivity contribution >= 4 is 11.9 Å². The maximum Gasteiger partial charge on any atom is 0.357 e. The fourth-order valence-corrected chi connectivity index (χ4v) is 1.64.